The molecule has 4 nitrogen and oxygen atoms in total. The molecule has 0 atom stereocenters. The fourth-order valence-electron chi connectivity index (χ4n) is 1.49. The Morgan fingerprint density at radius 2 is 1.83 bits per heavy atom. The molecule has 0 N–H and O–H groups in total. The van der Waals surface area contributed by atoms with Crippen LogP contribution >= 0.6 is 0 Å². The van der Waals surface area contributed by atoms with E-state index in [4.69, 9.17) is 5.26 Å². The quantitative estimate of drug-likeness (QED) is 0.762. The zero-order valence-corrected chi connectivity index (χ0v) is 11.2. The lowest BCUT2D eigenvalue weighted by Crippen LogP contribution is -2.18. The number of carbonyl (C=O) groups excluding carboxylic acids is 1. The van der Waals surface area contributed by atoms with Gasteiger partial charge in [-0.15, -0.1) is 0 Å². The largest absolute Gasteiger partial charge is 0.293 e. The third-order valence-electron chi connectivity index (χ3n) is 2.53. The van der Waals surface area contributed by atoms with Crippen molar-refractivity contribution in [2.24, 2.45) is 0 Å². The summed E-state index contributed by atoms with van der Waals surface area (Å²) in [7, 11) is -3.62. The number of ketones is 1. The maximum Gasteiger partial charge on any atom is 0.177 e. The minimum atomic E-state index is -3.62. The van der Waals surface area contributed by atoms with E-state index < -0.39 is 27.1 Å². The Labute approximate surface area is 107 Å². The van der Waals surface area contributed by atoms with E-state index in [1.54, 1.807) is 18.2 Å². The topological polar surface area (TPSA) is 75.0 Å². The molecule has 0 amide bonds. The van der Waals surface area contributed by atoms with Gasteiger partial charge in [-0.2, -0.15) is 5.26 Å². The number of hydrogen-bond acceptors (Lipinski definition) is 4. The Kier molecular flexibility index (Phi) is 4.62. The van der Waals surface area contributed by atoms with E-state index in [0.717, 1.165) is 5.56 Å². The summed E-state index contributed by atoms with van der Waals surface area (Å²) < 4.78 is 22.7. The molecule has 1 aromatic rings. The zero-order valence-electron chi connectivity index (χ0n) is 10.4. The second-order valence-electron chi connectivity index (χ2n) is 4.39. The molecule has 0 radical (unpaired) electrons. The third kappa shape index (κ3) is 3.97. The molecular weight excluding hydrogens is 250 g/mol. The number of rotatable bonds is 5. The number of sulfone groups is 1. The maximum absolute atomic E-state index is 11.7. The molecule has 0 aromatic heterocycles. The first kappa shape index (κ1) is 14.4. The van der Waals surface area contributed by atoms with E-state index in [1.165, 1.54) is 0 Å². The third-order valence-corrected chi connectivity index (χ3v) is 3.81. The summed E-state index contributed by atoms with van der Waals surface area (Å²) in [6.07, 6.45) is 0. The number of Topliss-reactive ketones (excluding diaryl/α,β-unsaturated/α-hetero) is 1. The van der Waals surface area contributed by atoms with Crippen molar-refractivity contribution in [3.05, 3.63) is 35.4 Å². The summed E-state index contributed by atoms with van der Waals surface area (Å²) in [6.45, 7) is 4.07. The molecule has 0 saturated carbocycles. The van der Waals surface area contributed by atoms with E-state index in [2.05, 4.69) is 0 Å². The van der Waals surface area contributed by atoms with Gasteiger partial charge in [-0.25, -0.2) is 8.42 Å². The van der Waals surface area contributed by atoms with Crippen LogP contribution in [-0.4, -0.2) is 25.7 Å². The van der Waals surface area contributed by atoms with Gasteiger partial charge in [0.2, 0.25) is 0 Å². The van der Waals surface area contributed by atoms with Crippen LogP contribution in [0.5, 0.6) is 0 Å². The van der Waals surface area contributed by atoms with Gasteiger partial charge in [0, 0.05) is 5.56 Å². The fourth-order valence-corrected chi connectivity index (χ4v) is 2.35. The highest BCUT2D eigenvalue weighted by Gasteiger charge is 2.17. The number of benzene rings is 1. The van der Waals surface area contributed by atoms with E-state index in [-0.39, 0.29) is 0 Å². The molecule has 18 heavy (non-hydrogen) atoms. The maximum atomic E-state index is 11.7. The molecule has 96 valence electrons. The smallest absolute Gasteiger partial charge is 0.177 e. The Morgan fingerprint density at radius 3 is 2.28 bits per heavy atom. The predicted molar refractivity (Wildman–Crippen MR) is 69.1 cm³/mol. The van der Waals surface area contributed by atoms with Gasteiger partial charge in [-0.05, 0) is 11.5 Å². The van der Waals surface area contributed by atoms with Crippen molar-refractivity contribution in [3.8, 4) is 6.07 Å². The van der Waals surface area contributed by atoms with Gasteiger partial charge in [0.25, 0.3) is 0 Å². The molecule has 1 rings (SSSR count). The number of nitrogens with zero attached hydrogens (tertiary/aromatic N) is 1. The van der Waals surface area contributed by atoms with Crippen molar-refractivity contribution in [1.82, 2.24) is 0 Å². The Hall–Kier alpha value is -1.67. The number of carbonyl (C=O) groups is 1. The zero-order chi connectivity index (χ0) is 13.8. The minimum Gasteiger partial charge on any atom is -0.293 e. The van der Waals surface area contributed by atoms with Crippen molar-refractivity contribution >= 4 is 15.6 Å². The summed E-state index contributed by atoms with van der Waals surface area (Å²) in [6, 6.07) is 8.43. The van der Waals surface area contributed by atoms with Crippen LogP contribution in [-0.2, 0) is 9.84 Å². The molecular formula is C13H15NO3S. The van der Waals surface area contributed by atoms with Crippen LogP contribution in [0.25, 0.3) is 0 Å². The Bertz CT molecular complexity index is 565. The van der Waals surface area contributed by atoms with Crippen molar-refractivity contribution in [3.63, 3.8) is 0 Å². The van der Waals surface area contributed by atoms with E-state index >= 15 is 0 Å². The summed E-state index contributed by atoms with van der Waals surface area (Å²) in [4.78, 5) is 11.7. The van der Waals surface area contributed by atoms with E-state index in [0.29, 0.717) is 11.5 Å². The molecule has 0 aliphatic heterocycles. The minimum absolute atomic E-state index is 0.358. The summed E-state index contributed by atoms with van der Waals surface area (Å²) in [5.41, 5.74) is 1.45. The lowest BCUT2D eigenvalue weighted by molar-refractivity contribution is 0.102. The number of nitriles is 1. The van der Waals surface area contributed by atoms with E-state index in [9.17, 15) is 13.2 Å². The first-order valence-electron chi connectivity index (χ1n) is 5.56. The Balaban J connectivity index is 2.83. The monoisotopic (exact) mass is 265 g/mol. The lowest BCUT2D eigenvalue weighted by atomic mass is 10.0. The Morgan fingerprint density at radius 1 is 1.28 bits per heavy atom. The van der Waals surface area contributed by atoms with Crippen LogP contribution in [0.2, 0.25) is 0 Å². The fraction of sp³-hybridized carbons (Fsp3) is 0.385. The van der Waals surface area contributed by atoms with Gasteiger partial charge in [0.05, 0.1) is 6.07 Å². The molecule has 0 heterocycles. The molecule has 0 saturated heterocycles. The average molecular weight is 265 g/mol. The standard InChI is InChI=1S/C13H15NO3S/c1-10(2)11-3-5-12(6-4-11)13(15)9-18(16,17)8-7-14/h3-6,10H,8-9H2,1-2H3. The summed E-state index contributed by atoms with van der Waals surface area (Å²) in [5.74, 6) is -1.35. The van der Waals surface area contributed by atoms with E-state index in [1.807, 2.05) is 26.0 Å². The number of hydrogen-bond donors (Lipinski definition) is 0. The van der Waals surface area contributed by atoms with Crippen molar-refractivity contribution in [1.29, 1.82) is 5.26 Å². The van der Waals surface area contributed by atoms with Gasteiger partial charge in [0.15, 0.2) is 15.6 Å². The highest BCUT2D eigenvalue weighted by Crippen LogP contribution is 2.15. The average Bonchev–Trinajstić information content (AvgIpc) is 2.28. The molecule has 0 aliphatic carbocycles. The molecule has 0 spiro atoms. The van der Waals surface area contributed by atoms with Crippen LogP contribution in [0.15, 0.2) is 24.3 Å². The van der Waals surface area contributed by atoms with Crippen LogP contribution in [0, 0.1) is 11.3 Å². The molecule has 1 aromatic carbocycles. The van der Waals surface area contributed by atoms with Crippen molar-refractivity contribution in [2.75, 3.05) is 11.5 Å². The SMILES string of the molecule is CC(C)c1ccc(C(=O)CS(=O)(=O)CC#N)cc1. The normalized spacial score (nSPS) is 11.2. The molecule has 0 unspecified atom stereocenters. The predicted octanol–water partition coefficient (Wildman–Crippen LogP) is 1.93. The van der Waals surface area contributed by atoms with Crippen LogP contribution in [0.1, 0.15) is 35.7 Å². The van der Waals surface area contributed by atoms with Gasteiger partial charge in [-0.1, -0.05) is 38.1 Å². The lowest BCUT2D eigenvalue weighted by Gasteiger charge is -2.06. The van der Waals surface area contributed by atoms with Crippen LogP contribution in [0.4, 0.5) is 0 Å². The first-order valence-corrected chi connectivity index (χ1v) is 7.38. The molecule has 0 aliphatic rings. The van der Waals surface area contributed by atoms with Gasteiger partial charge < -0.3 is 0 Å². The second-order valence-corrected chi connectivity index (χ2v) is 6.45. The van der Waals surface area contributed by atoms with Gasteiger partial charge in [0.1, 0.15) is 11.5 Å². The molecule has 0 fully saturated rings. The van der Waals surface area contributed by atoms with Crippen molar-refractivity contribution < 1.29 is 13.2 Å². The highest BCUT2D eigenvalue weighted by atomic mass is 32.2. The van der Waals surface area contributed by atoms with Crippen LogP contribution in [0.3, 0.4) is 0 Å². The highest BCUT2D eigenvalue weighted by molar-refractivity contribution is 7.92. The van der Waals surface area contributed by atoms with Crippen LogP contribution < -0.4 is 0 Å². The van der Waals surface area contributed by atoms with Crippen molar-refractivity contribution in [2.45, 2.75) is 19.8 Å². The molecule has 5 heteroatoms. The first-order chi connectivity index (χ1) is 8.35. The molecule has 0 bridgehead atoms. The summed E-state index contributed by atoms with van der Waals surface area (Å²) in [5, 5.41) is 8.34. The second kappa shape index (κ2) is 5.78. The van der Waals surface area contributed by atoms with Gasteiger partial charge in [-0.3, -0.25) is 4.79 Å². The van der Waals surface area contributed by atoms with Gasteiger partial charge >= 0.3 is 0 Å². The summed E-state index contributed by atoms with van der Waals surface area (Å²) >= 11 is 0.